The molecular formula is C14H28O2S. The SMILES string of the molecule is CC(C)CC(COC(=O)CSC(C)C)C(C)C. The Morgan fingerprint density at radius 1 is 1.12 bits per heavy atom. The van der Waals surface area contributed by atoms with E-state index in [2.05, 4.69) is 41.5 Å². The summed E-state index contributed by atoms with van der Waals surface area (Å²) >= 11 is 1.64. The van der Waals surface area contributed by atoms with E-state index in [4.69, 9.17) is 4.74 Å². The number of carbonyl (C=O) groups is 1. The van der Waals surface area contributed by atoms with E-state index in [1.165, 1.54) is 0 Å². The third-order valence-electron chi connectivity index (χ3n) is 2.71. The molecule has 0 aromatic heterocycles. The Balaban J connectivity index is 3.91. The van der Waals surface area contributed by atoms with Gasteiger partial charge in [-0.15, -0.1) is 11.8 Å². The van der Waals surface area contributed by atoms with E-state index in [0.29, 0.717) is 35.4 Å². The molecule has 0 heterocycles. The van der Waals surface area contributed by atoms with Crippen LogP contribution in [0, 0.1) is 17.8 Å². The van der Waals surface area contributed by atoms with Gasteiger partial charge in [-0.1, -0.05) is 41.5 Å². The molecule has 0 saturated heterocycles. The maximum absolute atomic E-state index is 11.5. The van der Waals surface area contributed by atoms with Gasteiger partial charge in [0.15, 0.2) is 0 Å². The van der Waals surface area contributed by atoms with Gasteiger partial charge in [0.05, 0.1) is 12.4 Å². The van der Waals surface area contributed by atoms with Crippen LogP contribution >= 0.6 is 11.8 Å². The van der Waals surface area contributed by atoms with E-state index < -0.39 is 0 Å². The van der Waals surface area contributed by atoms with Gasteiger partial charge in [0.2, 0.25) is 0 Å². The molecule has 2 nitrogen and oxygen atoms in total. The molecule has 0 saturated carbocycles. The highest BCUT2D eigenvalue weighted by Gasteiger charge is 2.17. The highest BCUT2D eigenvalue weighted by Crippen LogP contribution is 2.20. The highest BCUT2D eigenvalue weighted by molar-refractivity contribution is 8.00. The first kappa shape index (κ1) is 16.8. The Bertz CT molecular complexity index is 212. The average molecular weight is 260 g/mol. The summed E-state index contributed by atoms with van der Waals surface area (Å²) < 4.78 is 5.36. The molecule has 0 aliphatic rings. The molecular weight excluding hydrogens is 232 g/mol. The second-order valence-electron chi connectivity index (χ2n) is 5.68. The molecule has 3 heteroatoms. The molecule has 17 heavy (non-hydrogen) atoms. The van der Waals surface area contributed by atoms with Crippen LogP contribution in [-0.4, -0.2) is 23.6 Å². The zero-order chi connectivity index (χ0) is 13.4. The van der Waals surface area contributed by atoms with E-state index in [1.807, 2.05) is 0 Å². The van der Waals surface area contributed by atoms with Gasteiger partial charge >= 0.3 is 5.97 Å². The van der Waals surface area contributed by atoms with Crippen LogP contribution in [0.4, 0.5) is 0 Å². The molecule has 0 aromatic rings. The van der Waals surface area contributed by atoms with Gasteiger partial charge in [-0.05, 0) is 29.4 Å². The summed E-state index contributed by atoms with van der Waals surface area (Å²) in [6.45, 7) is 13.6. The summed E-state index contributed by atoms with van der Waals surface area (Å²) in [6.07, 6.45) is 1.13. The lowest BCUT2D eigenvalue weighted by atomic mass is 9.88. The molecule has 0 rings (SSSR count). The van der Waals surface area contributed by atoms with Crippen LogP contribution < -0.4 is 0 Å². The Morgan fingerprint density at radius 2 is 1.71 bits per heavy atom. The largest absolute Gasteiger partial charge is 0.465 e. The van der Waals surface area contributed by atoms with Gasteiger partial charge in [0.25, 0.3) is 0 Å². The number of carbonyl (C=O) groups excluding carboxylic acids is 1. The molecule has 102 valence electrons. The summed E-state index contributed by atoms with van der Waals surface area (Å²) in [5, 5.41) is 0.485. The lowest BCUT2D eigenvalue weighted by molar-refractivity contribution is -0.142. The molecule has 1 unspecified atom stereocenters. The summed E-state index contributed by atoms with van der Waals surface area (Å²) in [5.41, 5.74) is 0. The summed E-state index contributed by atoms with van der Waals surface area (Å²) in [6, 6.07) is 0. The van der Waals surface area contributed by atoms with E-state index in [9.17, 15) is 4.79 Å². The van der Waals surface area contributed by atoms with Crippen molar-refractivity contribution in [2.45, 2.75) is 53.2 Å². The molecule has 0 bridgehead atoms. The van der Waals surface area contributed by atoms with Gasteiger partial charge in [-0.2, -0.15) is 0 Å². The van der Waals surface area contributed by atoms with Crippen LogP contribution in [0.2, 0.25) is 0 Å². The molecule has 0 aliphatic carbocycles. The van der Waals surface area contributed by atoms with Crippen LogP contribution in [0.25, 0.3) is 0 Å². The Morgan fingerprint density at radius 3 is 2.12 bits per heavy atom. The van der Waals surface area contributed by atoms with E-state index in [1.54, 1.807) is 11.8 Å². The maximum Gasteiger partial charge on any atom is 0.315 e. The average Bonchev–Trinajstić information content (AvgIpc) is 2.20. The normalized spacial score (nSPS) is 13.5. The molecule has 0 radical (unpaired) electrons. The third-order valence-corrected chi connectivity index (χ3v) is 3.78. The Labute approximate surface area is 111 Å². The number of esters is 1. The monoisotopic (exact) mass is 260 g/mol. The number of hydrogen-bond donors (Lipinski definition) is 0. The quantitative estimate of drug-likeness (QED) is 0.617. The van der Waals surface area contributed by atoms with Crippen LogP contribution in [0.3, 0.4) is 0 Å². The molecule has 0 aliphatic heterocycles. The Kier molecular flexibility index (Phi) is 8.75. The third kappa shape index (κ3) is 9.51. The summed E-state index contributed by atoms with van der Waals surface area (Å²) in [5.74, 6) is 2.12. The van der Waals surface area contributed by atoms with Gasteiger partial charge in [0.1, 0.15) is 0 Å². The summed E-state index contributed by atoms with van der Waals surface area (Å²) in [7, 11) is 0. The van der Waals surface area contributed by atoms with Gasteiger partial charge in [-0.3, -0.25) is 4.79 Å². The smallest absolute Gasteiger partial charge is 0.315 e. The lowest BCUT2D eigenvalue weighted by Gasteiger charge is -2.22. The first-order valence-electron chi connectivity index (χ1n) is 6.60. The number of ether oxygens (including phenoxy) is 1. The Hall–Kier alpha value is -0.180. The van der Waals surface area contributed by atoms with Crippen molar-refractivity contribution in [3.63, 3.8) is 0 Å². The molecule has 0 fully saturated rings. The van der Waals surface area contributed by atoms with Crippen molar-refractivity contribution in [3.8, 4) is 0 Å². The van der Waals surface area contributed by atoms with Gasteiger partial charge in [0, 0.05) is 0 Å². The minimum atomic E-state index is -0.0712. The predicted molar refractivity (Wildman–Crippen MR) is 76.3 cm³/mol. The minimum absolute atomic E-state index is 0.0712. The fourth-order valence-electron chi connectivity index (χ4n) is 1.61. The number of rotatable bonds is 8. The number of hydrogen-bond acceptors (Lipinski definition) is 3. The zero-order valence-electron chi connectivity index (χ0n) is 12.2. The van der Waals surface area contributed by atoms with Crippen LogP contribution in [0.5, 0.6) is 0 Å². The predicted octanol–water partition coefficient (Wildman–Crippen LogP) is 3.99. The topological polar surface area (TPSA) is 26.3 Å². The number of thioether (sulfide) groups is 1. The molecule has 0 spiro atoms. The minimum Gasteiger partial charge on any atom is -0.465 e. The highest BCUT2D eigenvalue weighted by atomic mass is 32.2. The first-order valence-corrected chi connectivity index (χ1v) is 7.65. The molecule has 1 atom stereocenters. The fraction of sp³-hybridized carbons (Fsp3) is 0.929. The maximum atomic E-state index is 11.5. The van der Waals surface area contributed by atoms with Crippen LogP contribution in [0.15, 0.2) is 0 Å². The fourth-order valence-corrected chi connectivity index (χ4v) is 2.17. The second-order valence-corrected chi connectivity index (χ2v) is 7.24. The summed E-state index contributed by atoms with van der Waals surface area (Å²) in [4.78, 5) is 11.5. The van der Waals surface area contributed by atoms with E-state index in [0.717, 1.165) is 6.42 Å². The van der Waals surface area contributed by atoms with Gasteiger partial charge in [-0.25, -0.2) is 0 Å². The van der Waals surface area contributed by atoms with Crippen molar-refractivity contribution in [2.24, 2.45) is 17.8 Å². The van der Waals surface area contributed by atoms with Crippen LogP contribution in [0.1, 0.15) is 48.0 Å². The van der Waals surface area contributed by atoms with Crippen molar-refractivity contribution in [1.82, 2.24) is 0 Å². The lowest BCUT2D eigenvalue weighted by Crippen LogP contribution is -2.21. The molecule has 0 amide bonds. The standard InChI is InChI=1S/C14H28O2S/c1-10(2)7-13(11(3)4)8-16-14(15)9-17-12(5)6/h10-13H,7-9H2,1-6H3. The van der Waals surface area contributed by atoms with Crippen molar-refractivity contribution < 1.29 is 9.53 Å². The van der Waals surface area contributed by atoms with Crippen molar-refractivity contribution in [3.05, 3.63) is 0 Å². The molecule has 0 N–H and O–H groups in total. The van der Waals surface area contributed by atoms with Crippen molar-refractivity contribution in [2.75, 3.05) is 12.4 Å². The van der Waals surface area contributed by atoms with E-state index >= 15 is 0 Å². The van der Waals surface area contributed by atoms with Crippen molar-refractivity contribution in [1.29, 1.82) is 0 Å². The van der Waals surface area contributed by atoms with Crippen LogP contribution in [-0.2, 0) is 9.53 Å². The first-order chi connectivity index (χ1) is 7.82. The van der Waals surface area contributed by atoms with Gasteiger partial charge < -0.3 is 4.74 Å². The zero-order valence-corrected chi connectivity index (χ0v) is 13.0. The van der Waals surface area contributed by atoms with Crippen molar-refractivity contribution >= 4 is 17.7 Å². The second kappa shape index (κ2) is 8.84. The molecule has 0 aromatic carbocycles. The van der Waals surface area contributed by atoms with E-state index in [-0.39, 0.29) is 5.97 Å².